The average molecular weight is 314 g/mol. The van der Waals surface area contributed by atoms with Crippen LogP contribution in [0, 0.1) is 0 Å². The molecular formula is C16H18N4O3. The number of aromatic nitrogens is 3. The molecule has 0 saturated heterocycles. The van der Waals surface area contributed by atoms with Gasteiger partial charge in [0, 0.05) is 30.9 Å². The van der Waals surface area contributed by atoms with Crippen LogP contribution in [0.3, 0.4) is 0 Å². The maximum absolute atomic E-state index is 12.3. The minimum atomic E-state index is -0.176. The zero-order valence-corrected chi connectivity index (χ0v) is 13.0. The molecule has 0 aliphatic rings. The van der Waals surface area contributed by atoms with Crippen LogP contribution in [0.1, 0.15) is 10.5 Å². The predicted octanol–water partition coefficient (Wildman–Crippen LogP) is 1.81. The zero-order chi connectivity index (χ0) is 16.2. The van der Waals surface area contributed by atoms with Crippen LogP contribution in [0.4, 0.5) is 0 Å². The van der Waals surface area contributed by atoms with Gasteiger partial charge in [0.15, 0.2) is 0 Å². The predicted molar refractivity (Wildman–Crippen MR) is 86.0 cm³/mol. The van der Waals surface area contributed by atoms with Crippen molar-refractivity contribution in [3.05, 3.63) is 42.6 Å². The van der Waals surface area contributed by atoms with Crippen LogP contribution in [0.2, 0.25) is 0 Å². The Hall–Kier alpha value is -2.96. The Morgan fingerprint density at radius 2 is 2.09 bits per heavy atom. The molecule has 120 valence electrons. The minimum absolute atomic E-state index is 0.176. The second kappa shape index (κ2) is 6.43. The highest BCUT2D eigenvalue weighted by molar-refractivity contribution is 6.01. The highest BCUT2D eigenvalue weighted by Crippen LogP contribution is 2.33. The van der Waals surface area contributed by atoms with Crippen LogP contribution in [-0.2, 0) is 6.54 Å². The molecule has 23 heavy (non-hydrogen) atoms. The van der Waals surface area contributed by atoms with Gasteiger partial charge in [-0.3, -0.25) is 4.79 Å². The fraction of sp³-hybridized carbons (Fsp3) is 0.250. The summed E-state index contributed by atoms with van der Waals surface area (Å²) >= 11 is 0. The van der Waals surface area contributed by atoms with Crippen LogP contribution in [-0.4, -0.2) is 41.2 Å². The van der Waals surface area contributed by atoms with Crippen molar-refractivity contribution in [3.8, 4) is 11.5 Å². The van der Waals surface area contributed by atoms with E-state index < -0.39 is 0 Å². The van der Waals surface area contributed by atoms with Crippen LogP contribution in [0.5, 0.6) is 11.5 Å². The summed E-state index contributed by atoms with van der Waals surface area (Å²) < 4.78 is 12.6. The normalized spacial score (nSPS) is 10.7. The third kappa shape index (κ3) is 2.98. The number of nitrogens with one attached hydrogen (secondary N) is 2. The fourth-order valence-corrected chi connectivity index (χ4v) is 2.45. The van der Waals surface area contributed by atoms with Crippen molar-refractivity contribution in [2.24, 2.45) is 0 Å². The highest BCUT2D eigenvalue weighted by Gasteiger charge is 2.15. The van der Waals surface area contributed by atoms with E-state index in [-0.39, 0.29) is 5.91 Å². The molecule has 2 heterocycles. The van der Waals surface area contributed by atoms with Crippen molar-refractivity contribution in [2.75, 3.05) is 20.8 Å². The molecule has 0 spiro atoms. The number of imidazole rings is 1. The van der Waals surface area contributed by atoms with Gasteiger partial charge in [0.05, 0.1) is 26.1 Å². The number of H-pyrrole nitrogens is 1. The molecule has 1 amide bonds. The number of amides is 1. The number of carbonyl (C=O) groups is 1. The molecule has 3 aromatic rings. The number of carbonyl (C=O) groups excluding carboxylic acids is 1. The van der Waals surface area contributed by atoms with Gasteiger partial charge in [-0.2, -0.15) is 0 Å². The maximum atomic E-state index is 12.3. The first-order valence-electron chi connectivity index (χ1n) is 7.20. The van der Waals surface area contributed by atoms with Crippen molar-refractivity contribution >= 4 is 16.8 Å². The lowest BCUT2D eigenvalue weighted by Gasteiger charge is -2.05. The van der Waals surface area contributed by atoms with E-state index >= 15 is 0 Å². The van der Waals surface area contributed by atoms with Crippen molar-refractivity contribution < 1.29 is 14.3 Å². The lowest BCUT2D eigenvalue weighted by atomic mass is 10.2. The Morgan fingerprint density at radius 3 is 2.78 bits per heavy atom. The number of hydrogen-bond acceptors (Lipinski definition) is 4. The van der Waals surface area contributed by atoms with Crippen molar-refractivity contribution in [2.45, 2.75) is 6.54 Å². The molecule has 3 rings (SSSR count). The number of methoxy groups -OCH3 is 2. The Kier molecular flexibility index (Phi) is 4.18. The second-order valence-electron chi connectivity index (χ2n) is 5.00. The van der Waals surface area contributed by atoms with Crippen LogP contribution < -0.4 is 14.8 Å². The third-order valence-corrected chi connectivity index (χ3v) is 3.61. The van der Waals surface area contributed by atoms with E-state index in [0.29, 0.717) is 30.3 Å². The van der Waals surface area contributed by atoms with Gasteiger partial charge in [-0.15, -0.1) is 0 Å². The maximum Gasteiger partial charge on any atom is 0.267 e. The summed E-state index contributed by atoms with van der Waals surface area (Å²) in [5.74, 6) is 1.18. The Morgan fingerprint density at radius 1 is 1.30 bits per heavy atom. The molecule has 0 atom stereocenters. The Bertz CT molecular complexity index is 767. The largest absolute Gasteiger partial charge is 0.496 e. The summed E-state index contributed by atoms with van der Waals surface area (Å²) in [7, 11) is 3.19. The van der Waals surface area contributed by atoms with Gasteiger partial charge in [-0.25, -0.2) is 4.98 Å². The summed E-state index contributed by atoms with van der Waals surface area (Å²) in [4.78, 5) is 19.4. The van der Waals surface area contributed by atoms with Gasteiger partial charge >= 0.3 is 0 Å². The summed E-state index contributed by atoms with van der Waals surface area (Å²) in [6, 6.07) is 5.39. The highest BCUT2D eigenvalue weighted by atomic mass is 16.5. The zero-order valence-electron chi connectivity index (χ0n) is 13.0. The second-order valence-corrected chi connectivity index (χ2v) is 5.00. The molecular weight excluding hydrogens is 296 g/mol. The summed E-state index contributed by atoms with van der Waals surface area (Å²) in [6.45, 7) is 1.18. The lowest BCUT2D eigenvalue weighted by molar-refractivity contribution is 0.0948. The molecule has 0 bridgehead atoms. The molecule has 7 heteroatoms. The van der Waals surface area contributed by atoms with E-state index in [1.54, 1.807) is 38.9 Å². The van der Waals surface area contributed by atoms with Gasteiger partial charge in [-0.1, -0.05) is 0 Å². The monoisotopic (exact) mass is 314 g/mol. The molecule has 0 aliphatic carbocycles. The number of nitrogens with zero attached hydrogens (tertiary/aromatic N) is 2. The number of hydrogen-bond donors (Lipinski definition) is 2. The fourth-order valence-electron chi connectivity index (χ4n) is 2.45. The van der Waals surface area contributed by atoms with Crippen molar-refractivity contribution in [3.63, 3.8) is 0 Å². The molecule has 0 radical (unpaired) electrons. The molecule has 0 unspecified atom stereocenters. The Labute approximate surface area is 133 Å². The van der Waals surface area contributed by atoms with E-state index in [9.17, 15) is 4.79 Å². The molecule has 0 saturated carbocycles. The number of ether oxygens (including phenoxy) is 2. The van der Waals surface area contributed by atoms with E-state index in [2.05, 4.69) is 15.3 Å². The van der Waals surface area contributed by atoms with Gasteiger partial charge < -0.3 is 24.3 Å². The summed E-state index contributed by atoms with van der Waals surface area (Å²) in [5, 5.41) is 3.68. The molecule has 0 aliphatic heterocycles. The summed E-state index contributed by atoms with van der Waals surface area (Å²) in [6.07, 6.45) is 5.27. The molecule has 1 aromatic carbocycles. The van der Waals surface area contributed by atoms with E-state index in [1.165, 1.54) is 0 Å². The first-order chi connectivity index (χ1) is 11.2. The topological polar surface area (TPSA) is 81.2 Å². The first kappa shape index (κ1) is 15.0. The Balaban J connectivity index is 1.77. The SMILES string of the molecule is COc1ccc(OC)c2[nH]c(C(=O)NCCn3ccnc3)cc12. The number of aromatic amines is 1. The minimum Gasteiger partial charge on any atom is -0.496 e. The quantitative estimate of drug-likeness (QED) is 0.727. The lowest BCUT2D eigenvalue weighted by Crippen LogP contribution is -2.27. The van der Waals surface area contributed by atoms with Crippen LogP contribution in [0.15, 0.2) is 36.9 Å². The van der Waals surface area contributed by atoms with Gasteiger partial charge in [0.25, 0.3) is 5.91 Å². The third-order valence-electron chi connectivity index (χ3n) is 3.61. The van der Waals surface area contributed by atoms with Crippen molar-refractivity contribution in [1.82, 2.24) is 19.9 Å². The molecule has 2 aromatic heterocycles. The van der Waals surface area contributed by atoms with Gasteiger partial charge in [0.2, 0.25) is 0 Å². The smallest absolute Gasteiger partial charge is 0.267 e. The van der Waals surface area contributed by atoms with E-state index in [0.717, 1.165) is 10.9 Å². The molecule has 7 nitrogen and oxygen atoms in total. The number of benzene rings is 1. The first-order valence-corrected chi connectivity index (χ1v) is 7.20. The van der Waals surface area contributed by atoms with Gasteiger partial charge in [-0.05, 0) is 18.2 Å². The van der Waals surface area contributed by atoms with E-state index in [4.69, 9.17) is 9.47 Å². The van der Waals surface area contributed by atoms with Crippen LogP contribution >= 0.6 is 0 Å². The average Bonchev–Trinajstić information content (AvgIpc) is 3.23. The van der Waals surface area contributed by atoms with E-state index in [1.807, 2.05) is 16.8 Å². The van der Waals surface area contributed by atoms with Gasteiger partial charge in [0.1, 0.15) is 17.2 Å². The summed E-state index contributed by atoms with van der Waals surface area (Å²) in [5.41, 5.74) is 1.21. The number of fused-ring (bicyclic) bond motifs is 1. The standard InChI is InChI=1S/C16H18N4O3/c1-22-13-3-4-14(23-2)15-11(13)9-12(19-15)16(21)18-6-8-20-7-5-17-10-20/h3-5,7,9-10,19H,6,8H2,1-2H3,(H,18,21). The number of rotatable bonds is 6. The van der Waals surface area contributed by atoms with Crippen molar-refractivity contribution in [1.29, 1.82) is 0 Å². The molecule has 2 N–H and O–H groups in total. The molecule has 0 fully saturated rings. The van der Waals surface area contributed by atoms with Crippen LogP contribution in [0.25, 0.3) is 10.9 Å².